The van der Waals surface area contributed by atoms with Crippen molar-refractivity contribution in [2.75, 3.05) is 6.54 Å². The number of hydrogen-bond donors (Lipinski definition) is 0. The van der Waals surface area contributed by atoms with E-state index in [-0.39, 0.29) is 58.2 Å². The van der Waals surface area contributed by atoms with Gasteiger partial charge in [-0.25, -0.2) is 0 Å². The fraction of sp³-hybridized carbons (Fsp3) is 1.00. The molecule has 2 atom stereocenters. The van der Waals surface area contributed by atoms with Crippen LogP contribution in [0.5, 0.6) is 0 Å². The van der Waals surface area contributed by atoms with Crippen LogP contribution in [0.4, 0.5) is 0 Å². The third kappa shape index (κ3) is 3.99. The molecule has 0 radical (unpaired) electrons. The predicted octanol–water partition coefficient (Wildman–Crippen LogP) is -0.181. The monoisotopic (exact) mass is 225 g/mol. The molecule has 0 amide bonds. The van der Waals surface area contributed by atoms with Crippen LogP contribution in [0.3, 0.4) is 0 Å². The van der Waals surface area contributed by atoms with E-state index in [4.69, 9.17) is 0 Å². The van der Waals surface area contributed by atoms with Crippen LogP contribution in [0.1, 0.15) is 33.6 Å². The Morgan fingerprint density at radius 3 is 2.36 bits per heavy atom. The molecule has 1 aliphatic rings. The Kier molecular flexibility index (Phi) is 7.26. The van der Waals surface area contributed by atoms with Gasteiger partial charge in [0, 0.05) is 0 Å². The molecular formula is C9H18NRb. The summed E-state index contributed by atoms with van der Waals surface area (Å²) in [5.41, 5.74) is 0. The van der Waals surface area contributed by atoms with Crippen LogP contribution >= 0.6 is 0 Å². The molecule has 60 valence electrons. The van der Waals surface area contributed by atoms with Crippen LogP contribution < -0.4 is 58.2 Å². The topological polar surface area (TPSA) is 14.1 Å². The van der Waals surface area contributed by atoms with Gasteiger partial charge in [-0.05, 0) is 0 Å². The smallest absolute Gasteiger partial charge is 0.659 e. The normalized spacial score (nSPS) is 30.5. The minimum absolute atomic E-state index is 0. The SMILES string of the molecule is CCC1C[N-][C@@H](C(C)C)C1.[Rb+]. The van der Waals surface area contributed by atoms with Crippen molar-refractivity contribution in [2.24, 2.45) is 11.8 Å². The first-order chi connectivity index (χ1) is 4.74. The van der Waals surface area contributed by atoms with E-state index < -0.39 is 0 Å². The van der Waals surface area contributed by atoms with Gasteiger partial charge < -0.3 is 5.32 Å². The van der Waals surface area contributed by atoms with Crippen LogP contribution in [0, 0.1) is 11.8 Å². The van der Waals surface area contributed by atoms with Crippen molar-refractivity contribution in [2.45, 2.75) is 39.7 Å². The Balaban J connectivity index is 0.000001000. The van der Waals surface area contributed by atoms with Crippen LogP contribution in [-0.2, 0) is 0 Å². The Morgan fingerprint density at radius 1 is 1.45 bits per heavy atom. The molecule has 1 aliphatic heterocycles. The Bertz CT molecular complexity index is 104. The van der Waals surface area contributed by atoms with E-state index in [1.54, 1.807) is 0 Å². The van der Waals surface area contributed by atoms with E-state index in [1.807, 2.05) is 0 Å². The van der Waals surface area contributed by atoms with Crippen LogP contribution in [0.2, 0.25) is 0 Å². The maximum Gasteiger partial charge on any atom is 1.00 e. The van der Waals surface area contributed by atoms with E-state index in [0.29, 0.717) is 6.04 Å². The minimum atomic E-state index is 0. The molecule has 1 unspecified atom stereocenters. The van der Waals surface area contributed by atoms with E-state index in [0.717, 1.165) is 18.4 Å². The quantitative estimate of drug-likeness (QED) is 0.619. The Morgan fingerprint density at radius 2 is 2.09 bits per heavy atom. The van der Waals surface area contributed by atoms with Gasteiger partial charge in [0.1, 0.15) is 0 Å². The summed E-state index contributed by atoms with van der Waals surface area (Å²) >= 11 is 0. The Labute approximate surface area is 119 Å². The summed E-state index contributed by atoms with van der Waals surface area (Å²) in [6.45, 7) is 7.93. The summed E-state index contributed by atoms with van der Waals surface area (Å²) in [6, 6.07) is 0.671. The maximum absolute atomic E-state index is 4.59. The van der Waals surface area contributed by atoms with Crippen molar-refractivity contribution in [3.05, 3.63) is 5.32 Å². The number of hydrogen-bond acceptors (Lipinski definition) is 0. The van der Waals surface area contributed by atoms with E-state index >= 15 is 0 Å². The van der Waals surface area contributed by atoms with E-state index in [1.165, 1.54) is 12.8 Å². The summed E-state index contributed by atoms with van der Waals surface area (Å²) in [5.74, 6) is 1.66. The number of nitrogens with zero attached hydrogens (tertiary/aromatic N) is 1. The molecule has 11 heavy (non-hydrogen) atoms. The molecule has 0 N–H and O–H groups in total. The first-order valence-corrected chi connectivity index (χ1v) is 4.40. The molecule has 2 heteroatoms. The summed E-state index contributed by atoms with van der Waals surface area (Å²) in [6.07, 6.45) is 2.65. The fourth-order valence-corrected chi connectivity index (χ4v) is 1.55. The van der Waals surface area contributed by atoms with Crippen LogP contribution in [-0.4, -0.2) is 12.6 Å². The first-order valence-electron chi connectivity index (χ1n) is 4.40. The van der Waals surface area contributed by atoms with Gasteiger partial charge in [-0.1, -0.05) is 45.4 Å². The van der Waals surface area contributed by atoms with Crippen molar-refractivity contribution in [3.63, 3.8) is 0 Å². The van der Waals surface area contributed by atoms with Gasteiger partial charge >= 0.3 is 58.2 Å². The molecule has 0 aromatic heterocycles. The molecule has 0 spiro atoms. The Hall–Kier alpha value is 1.77. The third-order valence-corrected chi connectivity index (χ3v) is 2.52. The average Bonchev–Trinajstić information content (AvgIpc) is 2.34. The van der Waals surface area contributed by atoms with E-state index in [2.05, 4.69) is 26.1 Å². The van der Waals surface area contributed by atoms with Gasteiger partial charge in [0.25, 0.3) is 0 Å². The van der Waals surface area contributed by atoms with Crippen molar-refractivity contribution in [1.29, 1.82) is 0 Å². The predicted molar refractivity (Wildman–Crippen MR) is 45.3 cm³/mol. The van der Waals surface area contributed by atoms with Crippen molar-refractivity contribution < 1.29 is 58.2 Å². The summed E-state index contributed by atoms with van der Waals surface area (Å²) in [7, 11) is 0. The molecule has 0 saturated carbocycles. The second-order valence-electron chi connectivity index (χ2n) is 3.69. The van der Waals surface area contributed by atoms with Crippen molar-refractivity contribution in [1.82, 2.24) is 0 Å². The van der Waals surface area contributed by atoms with Gasteiger partial charge in [0.05, 0.1) is 0 Å². The van der Waals surface area contributed by atoms with Crippen molar-refractivity contribution in [3.8, 4) is 0 Å². The van der Waals surface area contributed by atoms with Gasteiger partial charge in [0.15, 0.2) is 0 Å². The first kappa shape index (κ1) is 12.8. The zero-order chi connectivity index (χ0) is 7.56. The summed E-state index contributed by atoms with van der Waals surface area (Å²) in [5, 5.41) is 4.59. The van der Waals surface area contributed by atoms with Gasteiger partial charge in [-0.3, -0.25) is 0 Å². The molecule has 0 aromatic rings. The molecule has 1 fully saturated rings. The van der Waals surface area contributed by atoms with Gasteiger partial charge in [0.2, 0.25) is 0 Å². The second kappa shape index (κ2) is 6.25. The van der Waals surface area contributed by atoms with Gasteiger partial charge in [-0.2, -0.15) is 0 Å². The summed E-state index contributed by atoms with van der Waals surface area (Å²) in [4.78, 5) is 0. The standard InChI is InChI=1S/C9H18N.Rb/c1-4-8-5-9(7(2)3)10-6-8;/h7-9H,4-6H2,1-3H3;/q-1;+1/t8?,9-;/m1./s1. The molecule has 0 bridgehead atoms. The maximum atomic E-state index is 4.59. The largest absolute Gasteiger partial charge is 1.00 e. The molecule has 1 saturated heterocycles. The fourth-order valence-electron chi connectivity index (χ4n) is 1.55. The molecule has 1 nitrogen and oxygen atoms in total. The molecular weight excluding hydrogens is 208 g/mol. The molecule has 1 rings (SSSR count). The van der Waals surface area contributed by atoms with Crippen molar-refractivity contribution >= 4 is 0 Å². The molecule has 1 heterocycles. The van der Waals surface area contributed by atoms with Gasteiger partial charge in [-0.15, -0.1) is 12.6 Å². The minimum Gasteiger partial charge on any atom is -0.659 e. The summed E-state index contributed by atoms with van der Waals surface area (Å²) < 4.78 is 0. The second-order valence-corrected chi connectivity index (χ2v) is 3.69. The zero-order valence-electron chi connectivity index (χ0n) is 8.30. The zero-order valence-corrected chi connectivity index (χ0v) is 13.2. The van der Waals surface area contributed by atoms with Crippen LogP contribution in [0.15, 0.2) is 0 Å². The van der Waals surface area contributed by atoms with E-state index in [9.17, 15) is 0 Å². The number of rotatable bonds is 2. The average molecular weight is 226 g/mol. The third-order valence-electron chi connectivity index (χ3n) is 2.52. The van der Waals surface area contributed by atoms with Crippen LogP contribution in [0.25, 0.3) is 5.32 Å². The molecule has 0 aliphatic carbocycles. The molecule has 0 aromatic carbocycles.